The lowest BCUT2D eigenvalue weighted by Crippen LogP contribution is -2.32. The van der Waals surface area contributed by atoms with Crippen LogP contribution in [0.3, 0.4) is 0 Å². The molecule has 0 saturated carbocycles. The Bertz CT molecular complexity index is 1740. The van der Waals surface area contributed by atoms with Crippen LogP contribution in [0.5, 0.6) is 0 Å². The summed E-state index contributed by atoms with van der Waals surface area (Å²) in [6, 6.07) is 4.62. The minimum absolute atomic E-state index is 0.0327. The van der Waals surface area contributed by atoms with Gasteiger partial charge < -0.3 is 15.6 Å². The van der Waals surface area contributed by atoms with Crippen LogP contribution >= 0.6 is 0 Å². The number of carbonyl (C=O) groups excluding carboxylic acids is 3. The molecule has 2 amide bonds. The van der Waals surface area contributed by atoms with Crippen molar-refractivity contribution < 1.29 is 31.6 Å². The number of halogens is 2. The summed E-state index contributed by atoms with van der Waals surface area (Å²) in [4.78, 5) is 38.7. The average molecular weight is 571 g/mol. The third-order valence-corrected chi connectivity index (χ3v) is 6.52. The second kappa shape index (κ2) is 11.7. The van der Waals surface area contributed by atoms with Crippen molar-refractivity contribution >= 4 is 49.8 Å². The van der Waals surface area contributed by atoms with Crippen LogP contribution in [-0.2, 0) is 21.4 Å². The van der Waals surface area contributed by atoms with Crippen molar-refractivity contribution in [2.45, 2.75) is 27.3 Å². The molecule has 1 heterocycles. The molecule has 4 N–H and O–H groups in total. The van der Waals surface area contributed by atoms with Gasteiger partial charge in [0.1, 0.15) is 17.3 Å². The monoisotopic (exact) mass is 570 g/mol. The van der Waals surface area contributed by atoms with Gasteiger partial charge in [0.2, 0.25) is 10.0 Å². The summed E-state index contributed by atoms with van der Waals surface area (Å²) in [5.74, 6) is -3.75. The average Bonchev–Trinajstić information content (AvgIpc) is 3.13. The predicted molar refractivity (Wildman–Crippen MR) is 150 cm³/mol. The van der Waals surface area contributed by atoms with Crippen LogP contribution in [0.2, 0.25) is 0 Å². The van der Waals surface area contributed by atoms with E-state index in [9.17, 15) is 27.2 Å². The molecule has 0 fully saturated rings. The van der Waals surface area contributed by atoms with Crippen molar-refractivity contribution in [3.63, 3.8) is 0 Å². The number of carbonyl (C=O) groups is 3. The molecule has 12 heteroatoms. The normalized spacial score (nSPS) is 12.1. The van der Waals surface area contributed by atoms with Crippen LogP contribution in [0.15, 0.2) is 55.3 Å². The van der Waals surface area contributed by atoms with E-state index in [0.717, 1.165) is 24.6 Å². The quantitative estimate of drug-likeness (QED) is 0.202. The van der Waals surface area contributed by atoms with Gasteiger partial charge in [-0.15, -0.1) is 0 Å². The third-order valence-electron chi connectivity index (χ3n) is 5.97. The molecule has 0 saturated heterocycles. The molecule has 2 aromatic carbocycles. The Morgan fingerprint density at radius 1 is 1.10 bits per heavy atom. The van der Waals surface area contributed by atoms with Crippen molar-refractivity contribution in [2.24, 2.45) is 0 Å². The van der Waals surface area contributed by atoms with Gasteiger partial charge in [-0.2, -0.15) is 0 Å². The number of nitrogens with zero attached hydrogens (tertiary/aromatic N) is 1. The number of anilines is 1. The number of hydrogen-bond acceptors (Lipinski definition) is 6. The number of allylic oxidation sites excluding steroid dienone is 4. The van der Waals surface area contributed by atoms with Gasteiger partial charge in [0.25, 0.3) is 11.8 Å². The summed E-state index contributed by atoms with van der Waals surface area (Å²) in [6.45, 7) is 7.41. The van der Waals surface area contributed by atoms with Crippen molar-refractivity contribution in [2.75, 3.05) is 12.0 Å². The van der Waals surface area contributed by atoms with E-state index in [-0.39, 0.29) is 50.1 Å². The molecule has 0 spiro atoms. The van der Waals surface area contributed by atoms with E-state index < -0.39 is 45.8 Å². The van der Waals surface area contributed by atoms with Gasteiger partial charge in [-0.1, -0.05) is 24.8 Å². The Morgan fingerprint density at radius 2 is 1.77 bits per heavy atom. The lowest BCUT2D eigenvalue weighted by atomic mass is 9.97. The molecule has 0 radical (unpaired) electrons. The number of nitrogen functional groups attached to an aromatic ring is 1. The van der Waals surface area contributed by atoms with E-state index in [1.54, 1.807) is 19.1 Å². The number of rotatable bonds is 9. The van der Waals surface area contributed by atoms with Gasteiger partial charge in [0.15, 0.2) is 5.78 Å². The number of nitrogens with two attached hydrogens (primary N) is 1. The molecule has 0 aliphatic carbocycles. The molecule has 0 aliphatic heterocycles. The molecule has 40 heavy (non-hydrogen) atoms. The summed E-state index contributed by atoms with van der Waals surface area (Å²) in [7, 11) is -4.09. The summed E-state index contributed by atoms with van der Waals surface area (Å²) in [6.07, 6.45) is 6.53. The number of sulfonamides is 1. The molecular formula is C28H28F2N4O5S. The number of ketones is 1. The van der Waals surface area contributed by atoms with Crippen LogP contribution in [0.1, 0.15) is 51.4 Å². The van der Waals surface area contributed by atoms with E-state index in [2.05, 4.69) is 11.9 Å². The van der Waals surface area contributed by atoms with Gasteiger partial charge in [-0.25, -0.2) is 21.9 Å². The van der Waals surface area contributed by atoms with E-state index in [1.807, 2.05) is 4.72 Å². The number of nitrogens with one attached hydrogen (secondary N) is 2. The van der Waals surface area contributed by atoms with Crippen LogP contribution in [0.4, 0.5) is 14.5 Å². The lowest BCUT2D eigenvalue weighted by Gasteiger charge is -2.15. The molecule has 1 aromatic heterocycles. The highest BCUT2D eigenvalue weighted by molar-refractivity contribution is 7.89. The highest BCUT2D eigenvalue weighted by Crippen LogP contribution is 2.35. The largest absolute Gasteiger partial charge is 0.398 e. The molecule has 3 aromatic rings. The fourth-order valence-electron chi connectivity index (χ4n) is 4.23. The zero-order valence-electron chi connectivity index (χ0n) is 22.3. The van der Waals surface area contributed by atoms with Gasteiger partial charge in [-0.05, 0) is 56.8 Å². The second-order valence-corrected chi connectivity index (χ2v) is 10.8. The molecule has 0 unspecified atom stereocenters. The summed E-state index contributed by atoms with van der Waals surface area (Å²) < 4.78 is 57.2. The van der Waals surface area contributed by atoms with Crippen LogP contribution in [0, 0.1) is 18.6 Å². The molecule has 9 nitrogen and oxygen atoms in total. The molecular weight excluding hydrogens is 542 g/mol. The maximum atomic E-state index is 15.2. The number of benzene rings is 2. The number of Topliss-reactive ketones (excluding diaryl/α,β-unsaturated/α-hetero) is 1. The van der Waals surface area contributed by atoms with Crippen molar-refractivity contribution in [3.05, 3.63) is 94.9 Å². The molecule has 0 bridgehead atoms. The standard InChI is InChI=1S/C28H28F2N4O5S/c1-6-8-9-18(16(4)35)25-20-10-15(3)21(29)13-24(20)34(26(25)28(37)33-40(5,38)39)14-17-11-19(27(36)32-7-2)23(31)12-22(17)30/h6-13H,2,14,31H2,1,3-5H3,(H,32,36)(H,33,37)/b8-6-,18-9+. The Morgan fingerprint density at radius 3 is 2.35 bits per heavy atom. The number of fused-ring (bicyclic) bond motifs is 1. The van der Waals surface area contributed by atoms with Crippen molar-refractivity contribution in [1.82, 2.24) is 14.6 Å². The van der Waals surface area contributed by atoms with Gasteiger partial charge in [-0.3, -0.25) is 14.4 Å². The maximum absolute atomic E-state index is 15.2. The smallest absolute Gasteiger partial charge is 0.282 e. The van der Waals surface area contributed by atoms with Crippen molar-refractivity contribution in [3.8, 4) is 0 Å². The zero-order valence-corrected chi connectivity index (χ0v) is 23.1. The Hall–Kier alpha value is -4.58. The van der Waals surface area contributed by atoms with Crippen LogP contribution < -0.4 is 15.8 Å². The fraction of sp³-hybridized carbons (Fsp3) is 0.179. The topological polar surface area (TPSA) is 140 Å². The fourth-order valence-corrected chi connectivity index (χ4v) is 4.66. The lowest BCUT2D eigenvalue weighted by molar-refractivity contribution is -0.111. The first-order valence-corrected chi connectivity index (χ1v) is 13.8. The molecule has 0 atom stereocenters. The SMILES string of the molecule is C=CNC(=O)c1cc(Cn2c(C(=O)NS(C)(=O)=O)c(/C(=C/C=C\C)C(C)=O)c3cc(C)c(F)cc32)c(F)cc1N. The summed E-state index contributed by atoms with van der Waals surface area (Å²) >= 11 is 0. The van der Waals surface area contributed by atoms with E-state index in [4.69, 9.17) is 5.73 Å². The molecule has 0 aliphatic rings. The van der Waals surface area contributed by atoms with E-state index in [1.165, 1.54) is 36.6 Å². The molecule has 210 valence electrons. The first kappa shape index (κ1) is 30.0. The Kier molecular flexibility index (Phi) is 8.74. The third kappa shape index (κ3) is 6.18. The number of aryl methyl sites for hydroxylation is 1. The maximum Gasteiger partial charge on any atom is 0.282 e. The second-order valence-electron chi connectivity index (χ2n) is 9.00. The van der Waals surface area contributed by atoms with Gasteiger partial charge in [0.05, 0.1) is 23.9 Å². The zero-order chi connectivity index (χ0) is 29.9. The van der Waals surface area contributed by atoms with E-state index in [0.29, 0.717) is 0 Å². The van der Waals surface area contributed by atoms with Gasteiger partial charge >= 0.3 is 0 Å². The van der Waals surface area contributed by atoms with E-state index >= 15 is 4.39 Å². The highest BCUT2D eigenvalue weighted by Gasteiger charge is 2.29. The summed E-state index contributed by atoms with van der Waals surface area (Å²) in [5, 5.41) is 2.60. The Labute approximate surface area is 230 Å². The van der Waals surface area contributed by atoms with Crippen molar-refractivity contribution in [1.29, 1.82) is 0 Å². The molecule has 3 rings (SSSR count). The van der Waals surface area contributed by atoms with Crippen LogP contribution in [-0.4, -0.2) is 36.8 Å². The number of aromatic nitrogens is 1. The minimum atomic E-state index is -4.09. The first-order chi connectivity index (χ1) is 18.7. The minimum Gasteiger partial charge on any atom is -0.398 e. The number of hydrogen-bond donors (Lipinski definition) is 3. The van der Waals surface area contributed by atoms with Crippen LogP contribution in [0.25, 0.3) is 16.5 Å². The highest BCUT2D eigenvalue weighted by atomic mass is 32.2. The predicted octanol–water partition coefficient (Wildman–Crippen LogP) is 3.97. The summed E-state index contributed by atoms with van der Waals surface area (Å²) in [5.41, 5.74) is 5.48. The first-order valence-electron chi connectivity index (χ1n) is 11.9. The Balaban J connectivity index is 2.49. The number of amides is 2. The van der Waals surface area contributed by atoms with Gasteiger partial charge in [0, 0.05) is 27.8 Å².